The fraction of sp³-hybridized carbons (Fsp3) is 0.238. The van der Waals surface area contributed by atoms with Crippen LogP contribution in [0.3, 0.4) is 0 Å². The maximum atomic E-state index is 5.41. The van der Waals surface area contributed by atoms with Gasteiger partial charge < -0.3 is 24.8 Å². The van der Waals surface area contributed by atoms with E-state index in [1.54, 1.807) is 21.3 Å². The third-order valence-corrected chi connectivity index (χ3v) is 4.19. The fourth-order valence-electron chi connectivity index (χ4n) is 2.72. The highest BCUT2D eigenvalue weighted by Gasteiger charge is 2.07. The number of anilines is 3. The van der Waals surface area contributed by atoms with E-state index in [0.717, 1.165) is 36.0 Å². The summed E-state index contributed by atoms with van der Waals surface area (Å²) in [7, 11) is 4.91. The number of nitrogens with one attached hydrogen (secondary N) is 2. The maximum absolute atomic E-state index is 5.41. The Kier molecular flexibility index (Phi) is 6.51. The number of ether oxygens (including phenoxy) is 3. The van der Waals surface area contributed by atoms with Crippen molar-refractivity contribution >= 4 is 17.3 Å². The number of benzene rings is 2. The number of nitrogens with zero attached hydrogens (tertiary/aromatic N) is 2. The van der Waals surface area contributed by atoms with Crippen molar-refractivity contribution in [2.45, 2.75) is 6.42 Å². The Labute approximate surface area is 164 Å². The SMILES string of the molecule is COc1cccc(CCNc2cc(Nc3ccc(OC)cc3OC)ncn2)c1. The minimum absolute atomic E-state index is 0.669. The Hall–Kier alpha value is -3.48. The molecule has 0 aliphatic heterocycles. The molecule has 0 fully saturated rings. The van der Waals surface area contributed by atoms with Gasteiger partial charge in [-0.3, -0.25) is 0 Å². The number of aromatic nitrogens is 2. The third-order valence-electron chi connectivity index (χ3n) is 4.19. The number of hydrogen-bond donors (Lipinski definition) is 2. The van der Waals surface area contributed by atoms with Crippen LogP contribution in [0.4, 0.5) is 17.3 Å². The number of hydrogen-bond acceptors (Lipinski definition) is 7. The van der Waals surface area contributed by atoms with Crippen molar-refractivity contribution < 1.29 is 14.2 Å². The lowest BCUT2D eigenvalue weighted by Crippen LogP contribution is -2.07. The third kappa shape index (κ3) is 5.03. The predicted octanol–water partition coefficient (Wildman–Crippen LogP) is 3.90. The largest absolute Gasteiger partial charge is 0.497 e. The second-order valence-corrected chi connectivity index (χ2v) is 6.01. The van der Waals surface area contributed by atoms with Crippen LogP contribution in [-0.4, -0.2) is 37.8 Å². The van der Waals surface area contributed by atoms with Crippen LogP contribution < -0.4 is 24.8 Å². The summed E-state index contributed by atoms with van der Waals surface area (Å²) >= 11 is 0. The summed E-state index contributed by atoms with van der Waals surface area (Å²) in [5.41, 5.74) is 1.99. The normalized spacial score (nSPS) is 10.2. The standard InChI is InChI=1S/C21H24N4O3/c1-26-16-6-4-5-15(11-16)9-10-22-20-13-21(24-14-23-20)25-18-8-7-17(27-2)12-19(18)28-3/h4-8,11-14H,9-10H2,1-3H3,(H2,22,23,24,25). The first-order valence-corrected chi connectivity index (χ1v) is 8.89. The Morgan fingerprint density at radius 3 is 2.39 bits per heavy atom. The molecule has 0 saturated heterocycles. The molecule has 0 unspecified atom stereocenters. The zero-order valence-corrected chi connectivity index (χ0v) is 16.2. The van der Waals surface area contributed by atoms with Gasteiger partial charge in [-0.25, -0.2) is 9.97 Å². The highest BCUT2D eigenvalue weighted by molar-refractivity contribution is 5.66. The molecule has 0 amide bonds. The molecular formula is C21H24N4O3. The topological polar surface area (TPSA) is 77.5 Å². The van der Waals surface area contributed by atoms with Crippen LogP contribution in [0.2, 0.25) is 0 Å². The average Bonchev–Trinajstić information content (AvgIpc) is 2.74. The van der Waals surface area contributed by atoms with Crippen LogP contribution in [0.15, 0.2) is 54.9 Å². The Balaban J connectivity index is 1.62. The van der Waals surface area contributed by atoms with Gasteiger partial charge in [0.25, 0.3) is 0 Å². The highest BCUT2D eigenvalue weighted by Crippen LogP contribution is 2.31. The minimum atomic E-state index is 0.669. The second kappa shape index (κ2) is 9.45. The summed E-state index contributed by atoms with van der Waals surface area (Å²) in [6.07, 6.45) is 2.38. The van der Waals surface area contributed by atoms with Crippen LogP contribution in [-0.2, 0) is 6.42 Å². The molecule has 0 aliphatic carbocycles. The molecule has 0 atom stereocenters. The van der Waals surface area contributed by atoms with Crippen molar-refractivity contribution in [3.05, 3.63) is 60.4 Å². The molecule has 1 heterocycles. The van der Waals surface area contributed by atoms with Crippen LogP contribution in [0, 0.1) is 0 Å². The van der Waals surface area contributed by atoms with E-state index in [2.05, 4.69) is 26.7 Å². The summed E-state index contributed by atoms with van der Waals surface area (Å²) in [6, 6.07) is 15.5. The van der Waals surface area contributed by atoms with Crippen molar-refractivity contribution in [2.75, 3.05) is 38.5 Å². The smallest absolute Gasteiger partial charge is 0.146 e. The Morgan fingerprint density at radius 1 is 0.821 bits per heavy atom. The summed E-state index contributed by atoms with van der Waals surface area (Å²) in [5, 5.41) is 6.57. The molecule has 3 rings (SSSR count). The summed E-state index contributed by atoms with van der Waals surface area (Å²) in [5.74, 6) is 3.67. The van der Waals surface area contributed by atoms with Gasteiger partial charge in [-0.1, -0.05) is 12.1 Å². The zero-order valence-electron chi connectivity index (χ0n) is 16.2. The molecular weight excluding hydrogens is 356 g/mol. The van der Waals surface area contributed by atoms with Gasteiger partial charge >= 0.3 is 0 Å². The average molecular weight is 380 g/mol. The molecule has 0 bridgehead atoms. The van der Waals surface area contributed by atoms with E-state index in [-0.39, 0.29) is 0 Å². The molecule has 28 heavy (non-hydrogen) atoms. The van der Waals surface area contributed by atoms with E-state index >= 15 is 0 Å². The molecule has 0 aliphatic rings. The van der Waals surface area contributed by atoms with Crippen molar-refractivity contribution in [3.63, 3.8) is 0 Å². The first-order valence-electron chi connectivity index (χ1n) is 8.89. The molecule has 3 aromatic rings. The molecule has 1 aromatic heterocycles. The molecule has 0 saturated carbocycles. The lowest BCUT2D eigenvalue weighted by Gasteiger charge is -2.13. The number of rotatable bonds is 9. The van der Waals surface area contributed by atoms with Gasteiger partial charge in [0, 0.05) is 18.7 Å². The molecule has 7 nitrogen and oxygen atoms in total. The molecule has 0 radical (unpaired) electrons. The van der Waals surface area contributed by atoms with E-state index in [4.69, 9.17) is 14.2 Å². The van der Waals surface area contributed by atoms with Crippen molar-refractivity contribution in [1.29, 1.82) is 0 Å². The molecule has 146 valence electrons. The lowest BCUT2D eigenvalue weighted by atomic mass is 10.1. The molecule has 7 heteroatoms. The van der Waals surface area contributed by atoms with E-state index in [0.29, 0.717) is 11.6 Å². The van der Waals surface area contributed by atoms with Gasteiger partial charge in [-0.15, -0.1) is 0 Å². The zero-order chi connectivity index (χ0) is 19.8. The second-order valence-electron chi connectivity index (χ2n) is 6.01. The van der Waals surface area contributed by atoms with Crippen LogP contribution in [0.5, 0.6) is 17.2 Å². The molecule has 2 N–H and O–H groups in total. The first kappa shape index (κ1) is 19.3. The number of methoxy groups -OCH3 is 3. The van der Waals surface area contributed by atoms with E-state index < -0.39 is 0 Å². The van der Waals surface area contributed by atoms with E-state index in [1.807, 2.05) is 42.5 Å². The monoisotopic (exact) mass is 380 g/mol. The Bertz CT molecular complexity index is 918. The first-order chi connectivity index (χ1) is 13.7. The van der Waals surface area contributed by atoms with Gasteiger partial charge in [-0.2, -0.15) is 0 Å². The van der Waals surface area contributed by atoms with Gasteiger partial charge in [0.15, 0.2) is 0 Å². The lowest BCUT2D eigenvalue weighted by molar-refractivity contribution is 0.395. The summed E-state index contributed by atoms with van der Waals surface area (Å²) in [4.78, 5) is 8.55. The summed E-state index contributed by atoms with van der Waals surface area (Å²) in [6.45, 7) is 0.746. The molecule has 0 spiro atoms. The fourth-order valence-corrected chi connectivity index (χ4v) is 2.72. The quantitative estimate of drug-likeness (QED) is 0.583. The molecule has 2 aromatic carbocycles. The van der Waals surface area contributed by atoms with Crippen LogP contribution in [0.25, 0.3) is 0 Å². The van der Waals surface area contributed by atoms with Gasteiger partial charge in [-0.05, 0) is 36.2 Å². The van der Waals surface area contributed by atoms with E-state index in [9.17, 15) is 0 Å². The van der Waals surface area contributed by atoms with Crippen LogP contribution >= 0.6 is 0 Å². The predicted molar refractivity (Wildman–Crippen MR) is 110 cm³/mol. The van der Waals surface area contributed by atoms with Gasteiger partial charge in [0.1, 0.15) is 35.2 Å². The van der Waals surface area contributed by atoms with Crippen molar-refractivity contribution in [2.24, 2.45) is 0 Å². The maximum Gasteiger partial charge on any atom is 0.146 e. The Morgan fingerprint density at radius 2 is 1.61 bits per heavy atom. The minimum Gasteiger partial charge on any atom is -0.497 e. The van der Waals surface area contributed by atoms with E-state index in [1.165, 1.54) is 11.9 Å². The van der Waals surface area contributed by atoms with Crippen molar-refractivity contribution in [1.82, 2.24) is 9.97 Å². The highest BCUT2D eigenvalue weighted by atomic mass is 16.5. The van der Waals surface area contributed by atoms with Gasteiger partial charge in [0.05, 0.1) is 27.0 Å². The van der Waals surface area contributed by atoms with Crippen LogP contribution in [0.1, 0.15) is 5.56 Å². The van der Waals surface area contributed by atoms with Gasteiger partial charge in [0.2, 0.25) is 0 Å². The van der Waals surface area contributed by atoms with Crippen molar-refractivity contribution in [3.8, 4) is 17.2 Å². The summed E-state index contributed by atoms with van der Waals surface area (Å²) < 4.78 is 15.9.